The van der Waals surface area contributed by atoms with Gasteiger partial charge in [-0.1, -0.05) is 0 Å². The first-order valence-electron chi connectivity index (χ1n) is 5.58. The van der Waals surface area contributed by atoms with Crippen LogP contribution in [0.5, 0.6) is 0 Å². The zero-order chi connectivity index (χ0) is 11.4. The zero-order valence-electron chi connectivity index (χ0n) is 9.35. The van der Waals surface area contributed by atoms with E-state index >= 15 is 0 Å². The van der Waals surface area contributed by atoms with Gasteiger partial charge in [0.1, 0.15) is 0 Å². The third-order valence-corrected chi connectivity index (χ3v) is 2.76. The summed E-state index contributed by atoms with van der Waals surface area (Å²) in [6.45, 7) is 2.55. The lowest BCUT2D eigenvalue weighted by Gasteiger charge is -2.20. The topological polar surface area (TPSA) is 39.2 Å². The predicted octanol–water partition coefficient (Wildman–Crippen LogP) is 2.45. The van der Waals surface area contributed by atoms with E-state index in [2.05, 4.69) is 4.98 Å². The van der Waals surface area contributed by atoms with Gasteiger partial charge in [-0.05, 0) is 31.0 Å². The van der Waals surface area contributed by atoms with Crippen molar-refractivity contribution in [3.63, 3.8) is 0 Å². The molecule has 16 heavy (non-hydrogen) atoms. The summed E-state index contributed by atoms with van der Waals surface area (Å²) in [5.74, 6) is 0.936. The van der Waals surface area contributed by atoms with Gasteiger partial charge in [0, 0.05) is 30.8 Å². The molecule has 0 spiro atoms. The fraction of sp³-hybridized carbons (Fsp3) is 0.385. The van der Waals surface area contributed by atoms with Crippen molar-refractivity contribution in [2.75, 3.05) is 6.61 Å². The Balaban J connectivity index is 2.14. The number of ketones is 1. The second-order valence-electron chi connectivity index (χ2n) is 3.82. The van der Waals surface area contributed by atoms with Gasteiger partial charge in [-0.25, -0.2) is 0 Å². The number of hydrogen-bond donors (Lipinski definition) is 0. The summed E-state index contributed by atoms with van der Waals surface area (Å²) < 4.78 is 5.37. The highest BCUT2D eigenvalue weighted by Gasteiger charge is 2.24. The van der Waals surface area contributed by atoms with Gasteiger partial charge in [-0.2, -0.15) is 0 Å². The largest absolute Gasteiger partial charge is 0.498 e. The lowest BCUT2D eigenvalue weighted by atomic mass is 9.86. The van der Waals surface area contributed by atoms with Gasteiger partial charge >= 0.3 is 0 Å². The number of hydrogen-bond acceptors (Lipinski definition) is 3. The Hall–Kier alpha value is -1.64. The molecule has 0 fully saturated rings. The minimum atomic E-state index is -0.0211. The second-order valence-corrected chi connectivity index (χ2v) is 3.82. The molecule has 1 atom stereocenters. The first-order chi connectivity index (χ1) is 7.81. The number of allylic oxidation sites excluding steroid dienone is 2. The highest BCUT2D eigenvalue weighted by Crippen LogP contribution is 2.29. The van der Waals surface area contributed by atoms with Crippen LogP contribution in [0.15, 0.2) is 36.4 Å². The third kappa shape index (κ3) is 2.30. The van der Waals surface area contributed by atoms with Crippen molar-refractivity contribution in [2.24, 2.45) is 0 Å². The first-order valence-corrected chi connectivity index (χ1v) is 5.58. The average Bonchev–Trinajstić information content (AvgIpc) is 2.31. The minimum Gasteiger partial charge on any atom is -0.498 e. The molecule has 0 N–H and O–H groups in total. The van der Waals surface area contributed by atoms with E-state index in [0.717, 1.165) is 24.2 Å². The van der Waals surface area contributed by atoms with Gasteiger partial charge in [0.05, 0.1) is 12.4 Å². The molecule has 1 aromatic rings. The van der Waals surface area contributed by atoms with Gasteiger partial charge < -0.3 is 4.74 Å². The quantitative estimate of drug-likeness (QED) is 0.780. The van der Waals surface area contributed by atoms with Crippen LogP contribution in [0.25, 0.3) is 0 Å². The number of pyridine rings is 1. The minimum absolute atomic E-state index is 0.0211. The summed E-state index contributed by atoms with van der Waals surface area (Å²) in [4.78, 5) is 15.9. The Morgan fingerprint density at radius 2 is 2.19 bits per heavy atom. The van der Waals surface area contributed by atoms with E-state index in [1.54, 1.807) is 18.5 Å². The second kappa shape index (κ2) is 4.92. The number of aromatic nitrogens is 1. The fourth-order valence-corrected chi connectivity index (χ4v) is 1.99. The third-order valence-electron chi connectivity index (χ3n) is 2.76. The Kier molecular flexibility index (Phi) is 3.34. The van der Waals surface area contributed by atoms with Crippen molar-refractivity contribution in [3.05, 3.63) is 41.9 Å². The van der Waals surface area contributed by atoms with Crippen LogP contribution in [0.3, 0.4) is 0 Å². The van der Waals surface area contributed by atoms with Crippen molar-refractivity contribution in [1.82, 2.24) is 4.98 Å². The molecular weight excluding hydrogens is 202 g/mol. The SMILES string of the molecule is CCOC1=CC(=O)C(c2ccncc2)CC1. The maximum atomic E-state index is 11.9. The maximum Gasteiger partial charge on any atom is 0.166 e. The molecule has 1 unspecified atom stereocenters. The highest BCUT2D eigenvalue weighted by molar-refractivity contribution is 5.96. The van der Waals surface area contributed by atoms with Crippen LogP contribution in [0.4, 0.5) is 0 Å². The van der Waals surface area contributed by atoms with E-state index in [-0.39, 0.29) is 11.7 Å². The van der Waals surface area contributed by atoms with Crippen LogP contribution in [-0.2, 0) is 9.53 Å². The molecule has 0 aliphatic heterocycles. The molecule has 0 aromatic carbocycles. The summed E-state index contributed by atoms with van der Waals surface area (Å²) in [7, 11) is 0. The van der Waals surface area contributed by atoms with Crippen LogP contribution in [0.2, 0.25) is 0 Å². The molecule has 1 aliphatic carbocycles. The number of nitrogens with zero attached hydrogens (tertiary/aromatic N) is 1. The Labute approximate surface area is 95.2 Å². The monoisotopic (exact) mass is 217 g/mol. The summed E-state index contributed by atoms with van der Waals surface area (Å²) in [5.41, 5.74) is 1.05. The fourth-order valence-electron chi connectivity index (χ4n) is 1.99. The molecule has 3 nitrogen and oxygen atoms in total. The van der Waals surface area contributed by atoms with Crippen LogP contribution in [0.1, 0.15) is 31.2 Å². The van der Waals surface area contributed by atoms with E-state index in [9.17, 15) is 4.79 Å². The Morgan fingerprint density at radius 3 is 2.81 bits per heavy atom. The van der Waals surface area contributed by atoms with Crippen LogP contribution >= 0.6 is 0 Å². The standard InChI is InChI=1S/C13H15NO2/c1-2-16-11-3-4-12(13(15)9-11)10-5-7-14-8-6-10/h5-9,12H,2-4H2,1H3. The number of ether oxygens (including phenoxy) is 1. The van der Waals surface area contributed by atoms with Crippen LogP contribution < -0.4 is 0 Å². The van der Waals surface area contributed by atoms with Gasteiger partial charge in [0.25, 0.3) is 0 Å². The van der Waals surface area contributed by atoms with Crippen molar-refractivity contribution in [2.45, 2.75) is 25.7 Å². The van der Waals surface area contributed by atoms with Crippen LogP contribution in [0, 0.1) is 0 Å². The van der Waals surface area contributed by atoms with Gasteiger partial charge in [-0.15, -0.1) is 0 Å². The van der Waals surface area contributed by atoms with E-state index in [0.29, 0.717) is 6.61 Å². The molecule has 0 saturated carbocycles. The van der Waals surface area contributed by atoms with Crippen molar-refractivity contribution < 1.29 is 9.53 Å². The summed E-state index contributed by atoms with van der Waals surface area (Å²) in [5, 5.41) is 0. The van der Waals surface area contributed by atoms with E-state index < -0.39 is 0 Å². The average molecular weight is 217 g/mol. The van der Waals surface area contributed by atoms with Crippen molar-refractivity contribution in [1.29, 1.82) is 0 Å². The molecule has 0 bridgehead atoms. The summed E-state index contributed by atoms with van der Waals surface area (Å²) in [6.07, 6.45) is 6.76. The number of carbonyl (C=O) groups is 1. The van der Waals surface area contributed by atoms with Gasteiger partial charge in [0.15, 0.2) is 5.78 Å². The normalized spacial score (nSPS) is 20.4. The lowest BCUT2D eigenvalue weighted by Crippen LogP contribution is -2.16. The summed E-state index contributed by atoms with van der Waals surface area (Å²) in [6, 6.07) is 3.81. The lowest BCUT2D eigenvalue weighted by molar-refractivity contribution is -0.116. The smallest absolute Gasteiger partial charge is 0.166 e. The van der Waals surface area contributed by atoms with Gasteiger partial charge in [0.2, 0.25) is 0 Å². The predicted molar refractivity (Wildman–Crippen MR) is 60.9 cm³/mol. The van der Waals surface area contributed by atoms with Gasteiger partial charge in [-0.3, -0.25) is 9.78 Å². The Morgan fingerprint density at radius 1 is 1.44 bits per heavy atom. The highest BCUT2D eigenvalue weighted by atomic mass is 16.5. The molecule has 1 heterocycles. The molecule has 0 amide bonds. The van der Waals surface area contributed by atoms with E-state index in [1.165, 1.54) is 0 Å². The van der Waals surface area contributed by atoms with E-state index in [1.807, 2.05) is 19.1 Å². The molecule has 0 saturated heterocycles. The molecule has 1 aromatic heterocycles. The number of rotatable bonds is 3. The summed E-state index contributed by atoms with van der Waals surface area (Å²) >= 11 is 0. The Bertz CT molecular complexity index is 398. The van der Waals surface area contributed by atoms with Crippen molar-refractivity contribution in [3.8, 4) is 0 Å². The molecular formula is C13H15NO2. The van der Waals surface area contributed by atoms with Crippen molar-refractivity contribution >= 4 is 5.78 Å². The molecule has 2 rings (SSSR count). The van der Waals surface area contributed by atoms with Crippen LogP contribution in [-0.4, -0.2) is 17.4 Å². The van der Waals surface area contributed by atoms with E-state index in [4.69, 9.17) is 4.74 Å². The molecule has 3 heteroatoms. The molecule has 0 radical (unpaired) electrons. The maximum absolute atomic E-state index is 11.9. The molecule has 1 aliphatic rings. The zero-order valence-corrected chi connectivity index (χ0v) is 9.35. The first kappa shape index (κ1) is 10.9. The molecule has 84 valence electrons. The number of carbonyl (C=O) groups excluding carboxylic acids is 1.